The molecular formula is C15H21NO. The Morgan fingerprint density at radius 1 is 1.18 bits per heavy atom. The Balaban J connectivity index is 2.34. The lowest BCUT2D eigenvalue weighted by Gasteiger charge is -2.18. The molecule has 0 spiro atoms. The fourth-order valence-corrected chi connectivity index (χ4v) is 2.83. The van der Waals surface area contributed by atoms with Crippen molar-refractivity contribution in [1.82, 2.24) is 0 Å². The Morgan fingerprint density at radius 3 is 2.41 bits per heavy atom. The van der Waals surface area contributed by atoms with E-state index in [1.807, 2.05) is 18.2 Å². The Labute approximate surface area is 103 Å². The monoisotopic (exact) mass is 231 g/mol. The zero-order chi connectivity index (χ0) is 12.3. The first-order valence-electron chi connectivity index (χ1n) is 6.59. The summed E-state index contributed by atoms with van der Waals surface area (Å²) >= 11 is 0. The highest BCUT2D eigenvalue weighted by molar-refractivity contribution is 5.96. The number of anilines is 1. The lowest BCUT2D eigenvalue weighted by Crippen LogP contribution is -2.06. The number of hydrogen-bond donors (Lipinski definition) is 1. The van der Waals surface area contributed by atoms with E-state index in [1.165, 1.54) is 44.1 Å². The summed E-state index contributed by atoms with van der Waals surface area (Å²) in [5.41, 5.74) is 8.68. The quantitative estimate of drug-likeness (QED) is 0.476. The van der Waals surface area contributed by atoms with Crippen LogP contribution in [0.5, 0.6) is 0 Å². The Hall–Kier alpha value is -1.31. The molecule has 92 valence electrons. The van der Waals surface area contributed by atoms with Crippen LogP contribution in [0.25, 0.3) is 0 Å². The van der Waals surface area contributed by atoms with Crippen LogP contribution in [-0.2, 0) is 0 Å². The molecule has 1 fully saturated rings. The van der Waals surface area contributed by atoms with Gasteiger partial charge in [0.2, 0.25) is 0 Å². The van der Waals surface area contributed by atoms with E-state index in [0.717, 1.165) is 11.3 Å². The van der Waals surface area contributed by atoms with Gasteiger partial charge in [0.1, 0.15) is 0 Å². The summed E-state index contributed by atoms with van der Waals surface area (Å²) in [5, 5.41) is 0. The summed E-state index contributed by atoms with van der Waals surface area (Å²) in [5.74, 6) is 0.684. The van der Waals surface area contributed by atoms with Crippen molar-refractivity contribution in [3.63, 3.8) is 0 Å². The van der Waals surface area contributed by atoms with Crippen LogP contribution in [-0.4, -0.2) is 5.78 Å². The van der Waals surface area contributed by atoms with Gasteiger partial charge in [-0.1, -0.05) is 25.7 Å². The van der Waals surface area contributed by atoms with Crippen LogP contribution in [0.15, 0.2) is 18.2 Å². The highest BCUT2D eigenvalue weighted by Gasteiger charge is 2.19. The predicted molar refractivity (Wildman–Crippen MR) is 71.3 cm³/mol. The van der Waals surface area contributed by atoms with Crippen molar-refractivity contribution in [2.75, 3.05) is 5.73 Å². The van der Waals surface area contributed by atoms with Crippen molar-refractivity contribution >= 4 is 11.5 Å². The molecule has 0 unspecified atom stereocenters. The smallest absolute Gasteiger partial charge is 0.160 e. The molecule has 0 saturated heterocycles. The summed E-state index contributed by atoms with van der Waals surface area (Å²) in [4.78, 5) is 11.7. The zero-order valence-electron chi connectivity index (χ0n) is 10.5. The van der Waals surface area contributed by atoms with Gasteiger partial charge in [-0.3, -0.25) is 4.79 Å². The molecule has 2 nitrogen and oxygen atoms in total. The van der Waals surface area contributed by atoms with Gasteiger partial charge in [0.15, 0.2) is 5.78 Å². The fraction of sp³-hybridized carbons (Fsp3) is 0.533. The highest BCUT2D eigenvalue weighted by atomic mass is 16.1. The number of rotatable bonds is 2. The minimum absolute atomic E-state index is 0.157. The molecule has 0 heterocycles. The molecule has 2 rings (SSSR count). The van der Waals surface area contributed by atoms with Crippen LogP contribution in [0.3, 0.4) is 0 Å². The van der Waals surface area contributed by atoms with Gasteiger partial charge in [-0.05, 0) is 49.4 Å². The standard InChI is InChI=1S/C15H21NO/c1-11(17)14-9-8-13(16)10-15(14)12-6-4-2-3-5-7-12/h8-10,12H,2-7,16H2,1H3. The topological polar surface area (TPSA) is 43.1 Å². The van der Waals surface area contributed by atoms with Crippen molar-refractivity contribution in [1.29, 1.82) is 0 Å². The largest absolute Gasteiger partial charge is 0.399 e. The van der Waals surface area contributed by atoms with Gasteiger partial charge in [-0.25, -0.2) is 0 Å². The molecular weight excluding hydrogens is 210 g/mol. The predicted octanol–water partition coefficient (Wildman–Crippen LogP) is 3.91. The average Bonchev–Trinajstić information content (AvgIpc) is 2.56. The molecule has 0 aliphatic heterocycles. The van der Waals surface area contributed by atoms with E-state index >= 15 is 0 Å². The van der Waals surface area contributed by atoms with Gasteiger partial charge >= 0.3 is 0 Å². The van der Waals surface area contributed by atoms with Crippen molar-refractivity contribution in [3.05, 3.63) is 29.3 Å². The molecule has 2 N–H and O–H groups in total. The molecule has 1 aliphatic carbocycles. The SMILES string of the molecule is CC(=O)c1ccc(N)cc1C1CCCCCC1. The average molecular weight is 231 g/mol. The molecule has 1 aliphatic rings. The number of hydrogen-bond acceptors (Lipinski definition) is 2. The highest BCUT2D eigenvalue weighted by Crippen LogP contribution is 2.34. The van der Waals surface area contributed by atoms with E-state index in [0.29, 0.717) is 5.92 Å². The third-order valence-corrected chi connectivity index (χ3v) is 3.75. The maximum atomic E-state index is 11.7. The number of nitrogens with two attached hydrogens (primary N) is 1. The van der Waals surface area contributed by atoms with E-state index in [-0.39, 0.29) is 5.78 Å². The van der Waals surface area contributed by atoms with Crippen molar-refractivity contribution < 1.29 is 4.79 Å². The summed E-state index contributed by atoms with van der Waals surface area (Å²) in [6.45, 7) is 1.64. The van der Waals surface area contributed by atoms with Crippen LogP contribution >= 0.6 is 0 Å². The van der Waals surface area contributed by atoms with Crippen LogP contribution in [0.1, 0.15) is 67.3 Å². The molecule has 0 atom stereocenters. The Bertz CT molecular complexity index is 403. The first-order chi connectivity index (χ1) is 8.18. The van der Waals surface area contributed by atoms with Gasteiger partial charge in [0, 0.05) is 11.3 Å². The second kappa shape index (κ2) is 5.35. The number of benzene rings is 1. The first-order valence-corrected chi connectivity index (χ1v) is 6.59. The Morgan fingerprint density at radius 2 is 1.82 bits per heavy atom. The number of Topliss-reactive ketones (excluding diaryl/α,β-unsaturated/α-hetero) is 1. The molecule has 0 bridgehead atoms. The van der Waals surface area contributed by atoms with Crippen molar-refractivity contribution in [2.24, 2.45) is 0 Å². The van der Waals surface area contributed by atoms with Crippen LogP contribution in [0, 0.1) is 0 Å². The minimum atomic E-state index is 0.157. The molecule has 2 heteroatoms. The van der Waals surface area contributed by atoms with Crippen LogP contribution in [0.2, 0.25) is 0 Å². The summed E-state index contributed by atoms with van der Waals surface area (Å²) < 4.78 is 0. The van der Waals surface area contributed by atoms with E-state index in [4.69, 9.17) is 5.73 Å². The van der Waals surface area contributed by atoms with Gasteiger partial charge in [-0.15, -0.1) is 0 Å². The summed E-state index contributed by atoms with van der Waals surface area (Å²) in [6.07, 6.45) is 7.60. The van der Waals surface area contributed by atoms with Gasteiger partial charge in [-0.2, -0.15) is 0 Å². The van der Waals surface area contributed by atoms with Gasteiger partial charge < -0.3 is 5.73 Å². The van der Waals surface area contributed by atoms with Gasteiger partial charge in [0.25, 0.3) is 0 Å². The second-order valence-electron chi connectivity index (χ2n) is 5.09. The van der Waals surface area contributed by atoms with Crippen molar-refractivity contribution in [3.8, 4) is 0 Å². The number of carbonyl (C=O) groups excluding carboxylic acids is 1. The summed E-state index contributed by atoms with van der Waals surface area (Å²) in [6, 6.07) is 5.72. The van der Waals surface area contributed by atoms with Crippen LogP contribution < -0.4 is 5.73 Å². The molecule has 1 aromatic rings. The first kappa shape index (κ1) is 12.2. The molecule has 0 amide bonds. The maximum Gasteiger partial charge on any atom is 0.160 e. The third-order valence-electron chi connectivity index (χ3n) is 3.75. The lowest BCUT2D eigenvalue weighted by molar-refractivity contribution is 0.101. The van der Waals surface area contributed by atoms with Crippen LogP contribution in [0.4, 0.5) is 5.69 Å². The number of ketones is 1. The van der Waals surface area contributed by atoms with Crippen molar-refractivity contribution in [2.45, 2.75) is 51.4 Å². The molecule has 0 radical (unpaired) electrons. The Kier molecular flexibility index (Phi) is 3.82. The van der Waals surface area contributed by atoms with Gasteiger partial charge in [0.05, 0.1) is 0 Å². The third kappa shape index (κ3) is 2.87. The second-order valence-corrected chi connectivity index (χ2v) is 5.09. The van der Waals surface area contributed by atoms with E-state index in [2.05, 4.69) is 0 Å². The lowest BCUT2D eigenvalue weighted by atomic mass is 9.87. The van der Waals surface area contributed by atoms with E-state index in [1.54, 1.807) is 6.92 Å². The van der Waals surface area contributed by atoms with E-state index in [9.17, 15) is 4.79 Å². The normalized spacial score (nSPS) is 17.7. The zero-order valence-corrected chi connectivity index (χ0v) is 10.5. The number of nitrogen functional groups attached to an aromatic ring is 1. The molecule has 1 saturated carbocycles. The summed E-state index contributed by atoms with van der Waals surface area (Å²) in [7, 11) is 0. The molecule has 1 aromatic carbocycles. The fourth-order valence-electron chi connectivity index (χ4n) is 2.83. The van der Waals surface area contributed by atoms with E-state index < -0.39 is 0 Å². The molecule has 17 heavy (non-hydrogen) atoms. The molecule has 0 aromatic heterocycles. The number of carbonyl (C=O) groups is 1. The minimum Gasteiger partial charge on any atom is -0.399 e. The maximum absolute atomic E-state index is 11.7.